The SMILES string of the molecule is COc1ccc(C2(C(=O)N3CCCC(c4nnc(SCc5ccccc5)n4C)C3)CC2)cc1. The Morgan fingerprint density at radius 1 is 1.12 bits per heavy atom. The normalized spacial score (nSPS) is 19.3. The summed E-state index contributed by atoms with van der Waals surface area (Å²) in [6.45, 7) is 1.53. The van der Waals surface area contributed by atoms with Crippen molar-refractivity contribution in [1.82, 2.24) is 19.7 Å². The van der Waals surface area contributed by atoms with Crippen molar-refractivity contribution in [3.05, 3.63) is 71.5 Å². The lowest BCUT2D eigenvalue weighted by Crippen LogP contribution is -2.44. The van der Waals surface area contributed by atoms with Gasteiger partial charge in [-0.05, 0) is 48.9 Å². The summed E-state index contributed by atoms with van der Waals surface area (Å²) in [6, 6.07) is 18.4. The molecule has 1 aliphatic heterocycles. The topological polar surface area (TPSA) is 60.2 Å². The van der Waals surface area contributed by atoms with E-state index in [0.29, 0.717) is 6.54 Å². The van der Waals surface area contributed by atoms with E-state index >= 15 is 0 Å². The number of thioether (sulfide) groups is 1. The van der Waals surface area contributed by atoms with Crippen molar-refractivity contribution in [2.45, 2.75) is 47.9 Å². The van der Waals surface area contributed by atoms with Crippen molar-refractivity contribution in [3.63, 3.8) is 0 Å². The van der Waals surface area contributed by atoms with Gasteiger partial charge in [0.1, 0.15) is 11.6 Å². The van der Waals surface area contributed by atoms with Crippen LogP contribution in [0.3, 0.4) is 0 Å². The Hall–Kier alpha value is -2.80. The summed E-state index contributed by atoms with van der Waals surface area (Å²) in [7, 11) is 3.71. The second-order valence-corrected chi connectivity index (χ2v) is 10.0. The van der Waals surface area contributed by atoms with Crippen LogP contribution in [-0.2, 0) is 23.0 Å². The highest BCUT2D eigenvalue weighted by Gasteiger charge is 2.53. The quantitative estimate of drug-likeness (QED) is 0.482. The van der Waals surface area contributed by atoms with Crippen LogP contribution in [-0.4, -0.2) is 45.8 Å². The molecule has 2 fully saturated rings. The summed E-state index contributed by atoms with van der Waals surface area (Å²) in [4.78, 5) is 15.7. The van der Waals surface area contributed by atoms with Crippen LogP contribution in [0.2, 0.25) is 0 Å². The predicted molar refractivity (Wildman–Crippen MR) is 129 cm³/mol. The Labute approximate surface area is 199 Å². The van der Waals surface area contributed by atoms with Gasteiger partial charge in [-0.2, -0.15) is 0 Å². The molecule has 2 heterocycles. The van der Waals surface area contributed by atoms with E-state index in [2.05, 4.69) is 43.9 Å². The molecule has 5 rings (SSSR count). The molecule has 3 aromatic rings. The van der Waals surface area contributed by atoms with Crippen LogP contribution in [0.4, 0.5) is 0 Å². The Balaban J connectivity index is 1.27. The zero-order valence-electron chi connectivity index (χ0n) is 19.2. The van der Waals surface area contributed by atoms with E-state index in [0.717, 1.165) is 60.3 Å². The smallest absolute Gasteiger partial charge is 0.233 e. The van der Waals surface area contributed by atoms with Gasteiger partial charge in [0, 0.05) is 31.8 Å². The minimum Gasteiger partial charge on any atom is -0.497 e. The van der Waals surface area contributed by atoms with E-state index < -0.39 is 0 Å². The summed E-state index contributed by atoms with van der Waals surface area (Å²) < 4.78 is 7.40. The molecule has 2 aromatic carbocycles. The molecule has 1 amide bonds. The summed E-state index contributed by atoms with van der Waals surface area (Å²) in [5.74, 6) is 3.16. The lowest BCUT2D eigenvalue weighted by molar-refractivity contribution is -0.135. The summed E-state index contributed by atoms with van der Waals surface area (Å²) in [5.41, 5.74) is 2.02. The Morgan fingerprint density at radius 3 is 2.58 bits per heavy atom. The van der Waals surface area contributed by atoms with Crippen molar-refractivity contribution in [2.24, 2.45) is 7.05 Å². The van der Waals surface area contributed by atoms with Crippen molar-refractivity contribution in [2.75, 3.05) is 20.2 Å². The van der Waals surface area contributed by atoms with Gasteiger partial charge < -0.3 is 14.2 Å². The Bertz CT molecular complexity index is 1110. The van der Waals surface area contributed by atoms with Crippen LogP contribution in [0.1, 0.15) is 48.6 Å². The number of benzene rings is 2. The Kier molecular flexibility index (Phi) is 6.15. The van der Waals surface area contributed by atoms with Crippen molar-refractivity contribution < 1.29 is 9.53 Å². The van der Waals surface area contributed by atoms with Gasteiger partial charge in [0.25, 0.3) is 0 Å². The minimum absolute atomic E-state index is 0.220. The van der Waals surface area contributed by atoms with Gasteiger partial charge in [-0.15, -0.1) is 10.2 Å². The molecule has 1 saturated heterocycles. The first-order valence-electron chi connectivity index (χ1n) is 11.6. The number of methoxy groups -OCH3 is 1. The number of rotatable bonds is 7. The monoisotopic (exact) mass is 462 g/mol. The number of nitrogens with zero attached hydrogens (tertiary/aromatic N) is 4. The zero-order chi connectivity index (χ0) is 22.8. The molecular formula is C26H30N4O2S. The number of amides is 1. The predicted octanol–water partition coefficient (Wildman–Crippen LogP) is 4.55. The van der Waals surface area contributed by atoms with Gasteiger partial charge >= 0.3 is 0 Å². The molecule has 1 aliphatic carbocycles. The molecule has 0 N–H and O–H groups in total. The van der Waals surface area contributed by atoms with Crippen LogP contribution < -0.4 is 4.74 Å². The molecule has 0 bridgehead atoms. The lowest BCUT2D eigenvalue weighted by Gasteiger charge is -2.35. The third-order valence-corrected chi connectivity index (χ3v) is 8.05. The largest absolute Gasteiger partial charge is 0.497 e. The van der Waals surface area contributed by atoms with Gasteiger partial charge in [0.15, 0.2) is 5.16 Å². The summed E-state index contributed by atoms with van der Waals surface area (Å²) in [5, 5.41) is 9.93. The molecule has 2 aliphatic rings. The van der Waals surface area contributed by atoms with Crippen LogP contribution in [0.5, 0.6) is 5.75 Å². The average Bonchev–Trinajstić information content (AvgIpc) is 3.60. The summed E-state index contributed by atoms with van der Waals surface area (Å²) >= 11 is 1.71. The third kappa shape index (κ3) is 4.38. The molecule has 1 aromatic heterocycles. The number of hydrogen-bond acceptors (Lipinski definition) is 5. The highest BCUT2D eigenvalue weighted by atomic mass is 32.2. The van der Waals surface area contributed by atoms with E-state index in [9.17, 15) is 4.79 Å². The molecule has 0 radical (unpaired) electrons. The van der Waals surface area contributed by atoms with Crippen LogP contribution in [0, 0.1) is 0 Å². The number of aromatic nitrogens is 3. The number of carbonyl (C=O) groups excluding carboxylic acids is 1. The van der Waals surface area contributed by atoms with Gasteiger partial charge in [0.05, 0.1) is 12.5 Å². The standard InChI is InChI=1S/C26H30N4O2S/c1-29-23(27-28-25(29)33-18-19-7-4-3-5-8-19)20-9-6-16-30(17-20)24(31)26(14-15-26)21-10-12-22(32-2)13-11-21/h3-5,7-8,10-13,20H,6,9,14-18H2,1-2H3. The van der Waals surface area contributed by atoms with Gasteiger partial charge in [0.2, 0.25) is 5.91 Å². The van der Waals surface area contributed by atoms with Crippen molar-refractivity contribution >= 4 is 17.7 Å². The second kappa shape index (κ2) is 9.21. The van der Waals surface area contributed by atoms with Gasteiger partial charge in [-0.1, -0.05) is 54.2 Å². The maximum absolute atomic E-state index is 13.6. The number of hydrogen-bond donors (Lipinski definition) is 0. The summed E-state index contributed by atoms with van der Waals surface area (Å²) in [6.07, 6.45) is 3.87. The molecular weight excluding hydrogens is 432 g/mol. The molecule has 172 valence electrons. The molecule has 1 unspecified atom stereocenters. The van der Waals surface area contributed by atoms with Gasteiger partial charge in [-0.3, -0.25) is 4.79 Å². The number of ether oxygens (including phenoxy) is 1. The van der Waals surface area contributed by atoms with E-state index in [1.807, 2.05) is 37.4 Å². The highest BCUT2D eigenvalue weighted by molar-refractivity contribution is 7.98. The molecule has 33 heavy (non-hydrogen) atoms. The molecule has 7 heteroatoms. The zero-order valence-corrected chi connectivity index (χ0v) is 20.1. The maximum Gasteiger partial charge on any atom is 0.233 e. The van der Waals surface area contributed by atoms with E-state index in [4.69, 9.17) is 4.74 Å². The molecule has 1 saturated carbocycles. The number of likely N-dealkylation sites (tertiary alicyclic amines) is 1. The minimum atomic E-state index is -0.356. The third-order valence-electron chi connectivity index (χ3n) is 6.96. The van der Waals surface area contributed by atoms with Crippen molar-refractivity contribution in [3.8, 4) is 5.75 Å². The van der Waals surface area contributed by atoms with E-state index in [-0.39, 0.29) is 17.2 Å². The maximum atomic E-state index is 13.6. The first kappa shape index (κ1) is 22.0. The number of piperidine rings is 1. The average molecular weight is 463 g/mol. The fourth-order valence-corrected chi connectivity index (χ4v) is 5.74. The van der Waals surface area contributed by atoms with E-state index in [1.165, 1.54) is 5.56 Å². The molecule has 6 nitrogen and oxygen atoms in total. The molecule has 1 atom stereocenters. The number of carbonyl (C=O) groups is 1. The Morgan fingerprint density at radius 2 is 1.88 bits per heavy atom. The molecule has 0 spiro atoms. The fourth-order valence-electron chi connectivity index (χ4n) is 4.87. The van der Waals surface area contributed by atoms with Crippen LogP contribution in [0.15, 0.2) is 59.8 Å². The van der Waals surface area contributed by atoms with Crippen molar-refractivity contribution in [1.29, 1.82) is 0 Å². The highest BCUT2D eigenvalue weighted by Crippen LogP contribution is 2.50. The fraction of sp³-hybridized carbons (Fsp3) is 0.423. The second-order valence-electron chi connectivity index (χ2n) is 9.07. The van der Waals surface area contributed by atoms with Crippen LogP contribution in [0.25, 0.3) is 0 Å². The first-order chi connectivity index (χ1) is 16.1. The van der Waals surface area contributed by atoms with Gasteiger partial charge in [-0.25, -0.2) is 0 Å². The lowest BCUT2D eigenvalue weighted by atomic mass is 9.91. The first-order valence-corrected chi connectivity index (χ1v) is 12.6. The van der Waals surface area contributed by atoms with E-state index in [1.54, 1.807) is 18.9 Å². The van der Waals surface area contributed by atoms with Crippen LogP contribution >= 0.6 is 11.8 Å².